The zero-order chi connectivity index (χ0) is 16.9. The lowest BCUT2D eigenvalue weighted by Gasteiger charge is -2.48. The Morgan fingerprint density at radius 2 is 1.91 bits per heavy atom. The third-order valence-electron chi connectivity index (χ3n) is 5.50. The average Bonchev–Trinajstić information content (AvgIpc) is 2.54. The van der Waals surface area contributed by atoms with Crippen molar-refractivity contribution in [2.45, 2.75) is 52.5 Å². The Kier molecular flexibility index (Phi) is 6.66. The molecule has 0 aromatic carbocycles. The lowest BCUT2D eigenvalue weighted by molar-refractivity contribution is -0.0372. The second-order valence-corrected chi connectivity index (χ2v) is 8.37. The van der Waals surface area contributed by atoms with Gasteiger partial charge in [0.15, 0.2) is 0 Å². The minimum Gasteiger partial charge on any atom is -0.396 e. The van der Waals surface area contributed by atoms with Gasteiger partial charge in [-0.2, -0.15) is 0 Å². The van der Waals surface area contributed by atoms with Crippen molar-refractivity contribution in [2.24, 2.45) is 5.41 Å². The molecule has 2 heterocycles. The molecule has 2 fully saturated rings. The number of ether oxygens (including phenoxy) is 1. The van der Waals surface area contributed by atoms with Crippen LogP contribution in [0.3, 0.4) is 0 Å². The zero-order valence-electron chi connectivity index (χ0n) is 15.6. The van der Waals surface area contributed by atoms with Crippen LogP contribution in [-0.2, 0) is 4.74 Å². The molecule has 4 nitrogen and oxygen atoms in total. The van der Waals surface area contributed by atoms with Gasteiger partial charge in [0.1, 0.15) is 0 Å². The summed E-state index contributed by atoms with van der Waals surface area (Å²) in [6.45, 7) is 16.3. The molecule has 0 radical (unpaired) electrons. The predicted octanol–water partition coefficient (Wildman–Crippen LogP) is 2.53. The third kappa shape index (κ3) is 5.28. The Labute approximate surface area is 142 Å². The van der Waals surface area contributed by atoms with Gasteiger partial charge in [0.05, 0.1) is 19.8 Å². The van der Waals surface area contributed by atoms with Gasteiger partial charge in [-0.25, -0.2) is 0 Å². The normalized spacial score (nSPS) is 27.9. The second kappa shape index (κ2) is 8.11. The fourth-order valence-electron chi connectivity index (χ4n) is 4.04. The monoisotopic (exact) mass is 324 g/mol. The van der Waals surface area contributed by atoms with Crippen LogP contribution < -0.4 is 0 Å². The molecule has 0 spiro atoms. The van der Waals surface area contributed by atoms with Crippen LogP contribution in [-0.4, -0.2) is 73.0 Å². The first-order valence-corrected chi connectivity index (χ1v) is 9.16. The Hall–Kier alpha value is -0.420. The number of morpholine rings is 1. The second-order valence-electron chi connectivity index (χ2n) is 8.37. The van der Waals surface area contributed by atoms with Gasteiger partial charge in [0.2, 0.25) is 0 Å². The molecule has 0 aliphatic carbocycles. The van der Waals surface area contributed by atoms with E-state index in [2.05, 4.69) is 43.6 Å². The maximum absolute atomic E-state index is 10.0. The predicted molar refractivity (Wildman–Crippen MR) is 95.7 cm³/mol. The maximum Gasteiger partial charge on any atom is 0.0594 e. The molecule has 134 valence electrons. The highest BCUT2D eigenvalue weighted by atomic mass is 16.5. The largest absolute Gasteiger partial charge is 0.396 e. The molecule has 4 heteroatoms. The number of likely N-dealkylation sites (tertiary alicyclic amines) is 1. The molecule has 0 aromatic rings. The number of allylic oxidation sites excluding steroid dienone is 2. The zero-order valence-corrected chi connectivity index (χ0v) is 15.6. The summed E-state index contributed by atoms with van der Waals surface area (Å²) in [5.41, 5.74) is 1.57. The van der Waals surface area contributed by atoms with Crippen LogP contribution in [0.1, 0.15) is 47.0 Å². The van der Waals surface area contributed by atoms with Crippen molar-refractivity contribution >= 4 is 0 Å². The van der Waals surface area contributed by atoms with E-state index in [0.717, 1.165) is 58.8 Å². The summed E-state index contributed by atoms with van der Waals surface area (Å²) in [6.07, 6.45) is 5.63. The van der Waals surface area contributed by atoms with Crippen LogP contribution >= 0.6 is 0 Å². The molecule has 2 aliphatic rings. The highest BCUT2D eigenvalue weighted by molar-refractivity contribution is 5.00. The van der Waals surface area contributed by atoms with Crippen LogP contribution in [0.4, 0.5) is 0 Å². The molecule has 2 saturated heterocycles. The van der Waals surface area contributed by atoms with Gasteiger partial charge in [0, 0.05) is 37.1 Å². The van der Waals surface area contributed by atoms with Crippen molar-refractivity contribution in [3.8, 4) is 0 Å². The number of nitrogens with zero attached hydrogens (tertiary/aromatic N) is 2. The van der Waals surface area contributed by atoms with Crippen LogP contribution in [0.15, 0.2) is 11.6 Å². The third-order valence-corrected chi connectivity index (χ3v) is 5.50. The van der Waals surface area contributed by atoms with Gasteiger partial charge in [-0.1, -0.05) is 11.6 Å². The van der Waals surface area contributed by atoms with Crippen molar-refractivity contribution in [1.82, 2.24) is 9.80 Å². The fraction of sp³-hybridized carbons (Fsp3) is 0.895. The molecule has 0 saturated carbocycles. The SMILES string of the molecule is CC(C)=CCC1(CO)CCCN(CC(C)(C)N2CCOCC2)C1. The van der Waals surface area contributed by atoms with Crippen molar-refractivity contribution < 1.29 is 9.84 Å². The molecule has 1 unspecified atom stereocenters. The molecule has 0 amide bonds. The number of hydrogen-bond acceptors (Lipinski definition) is 4. The molecule has 1 N–H and O–H groups in total. The number of aliphatic hydroxyl groups is 1. The number of aliphatic hydroxyl groups excluding tert-OH is 1. The lowest BCUT2D eigenvalue weighted by atomic mass is 9.77. The molecule has 2 rings (SSSR count). The molecule has 23 heavy (non-hydrogen) atoms. The van der Waals surface area contributed by atoms with Gasteiger partial charge in [-0.15, -0.1) is 0 Å². The van der Waals surface area contributed by atoms with Crippen molar-refractivity contribution in [3.63, 3.8) is 0 Å². The summed E-state index contributed by atoms with van der Waals surface area (Å²) in [5, 5.41) is 10.0. The highest BCUT2D eigenvalue weighted by Crippen LogP contribution is 2.35. The minimum absolute atomic E-state index is 0.0522. The summed E-state index contributed by atoms with van der Waals surface area (Å²) in [5.74, 6) is 0. The van der Waals surface area contributed by atoms with Crippen LogP contribution in [0.5, 0.6) is 0 Å². The van der Waals surface area contributed by atoms with Crippen LogP contribution in [0.2, 0.25) is 0 Å². The quantitative estimate of drug-likeness (QED) is 0.762. The maximum atomic E-state index is 10.0. The van der Waals surface area contributed by atoms with E-state index in [1.165, 1.54) is 12.0 Å². The van der Waals surface area contributed by atoms with E-state index in [4.69, 9.17) is 4.74 Å². The first-order valence-electron chi connectivity index (χ1n) is 9.16. The summed E-state index contributed by atoms with van der Waals surface area (Å²) >= 11 is 0. The molecule has 0 bridgehead atoms. The first-order chi connectivity index (χ1) is 10.9. The Morgan fingerprint density at radius 1 is 1.22 bits per heavy atom. The van der Waals surface area contributed by atoms with E-state index >= 15 is 0 Å². The summed E-state index contributed by atoms with van der Waals surface area (Å²) in [7, 11) is 0. The van der Waals surface area contributed by atoms with E-state index in [-0.39, 0.29) is 11.0 Å². The molecule has 2 aliphatic heterocycles. The van der Waals surface area contributed by atoms with E-state index in [9.17, 15) is 5.11 Å². The average molecular weight is 325 g/mol. The minimum atomic E-state index is 0.0522. The van der Waals surface area contributed by atoms with E-state index in [0.29, 0.717) is 6.61 Å². The molecular weight excluding hydrogens is 288 g/mol. The smallest absolute Gasteiger partial charge is 0.0594 e. The lowest BCUT2D eigenvalue weighted by Crippen LogP contribution is -2.57. The van der Waals surface area contributed by atoms with Crippen molar-refractivity contribution in [3.05, 3.63) is 11.6 Å². The Balaban J connectivity index is 1.97. The highest BCUT2D eigenvalue weighted by Gasteiger charge is 2.37. The summed E-state index contributed by atoms with van der Waals surface area (Å²) < 4.78 is 5.49. The van der Waals surface area contributed by atoms with Gasteiger partial charge >= 0.3 is 0 Å². The van der Waals surface area contributed by atoms with Crippen LogP contribution in [0, 0.1) is 5.41 Å². The van der Waals surface area contributed by atoms with Gasteiger partial charge in [-0.3, -0.25) is 4.90 Å². The number of piperidine rings is 1. The Morgan fingerprint density at radius 3 is 2.52 bits per heavy atom. The topological polar surface area (TPSA) is 35.9 Å². The molecule has 1 atom stereocenters. The molecule has 0 aromatic heterocycles. The van der Waals surface area contributed by atoms with Crippen molar-refractivity contribution in [2.75, 3.05) is 52.5 Å². The first kappa shape index (κ1) is 18.9. The van der Waals surface area contributed by atoms with Gasteiger partial charge in [0.25, 0.3) is 0 Å². The summed E-state index contributed by atoms with van der Waals surface area (Å²) in [6, 6.07) is 0. The Bertz CT molecular complexity index is 398. The standard InChI is InChI=1S/C19H36N2O2/c1-17(2)6-8-19(16-22)7-5-9-20(15-19)14-18(3,4)21-10-12-23-13-11-21/h6,22H,5,7-16H2,1-4H3. The molecular formula is C19H36N2O2. The number of rotatable bonds is 6. The van der Waals surface area contributed by atoms with Gasteiger partial charge < -0.3 is 14.7 Å². The fourth-order valence-corrected chi connectivity index (χ4v) is 4.04. The number of hydrogen-bond donors (Lipinski definition) is 1. The van der Waals surface area contributed by atoms with E-state index in [1.54, 1.807) is 0 Å². The van der Waals surface area contributed by atoms with E-state index < -0.39 is 0 Å². The van der Waals surface area contributed by atoms with Crippen LogP contribution in [0.25, 0.3) is 0 Å². The van der Waals surface area contributed by atoms with E-state index in [1.807, 2.05) is 0 Å². The van der Waals surface area contributed by atoms with Gasteiger partial charge in [-0.05, 0) is 53.5 Å². The van der Waals surface area contributed by atoms with Crippen molar-refractivity contribution in [1.29, 1.82) is 0 Å². The summed E-state index contributed by atoms with van der Waals surface area (Å²) in [4.78, 5) is 5.13.